The van der Waals surface area contributed by atoms with Crippen LogP contribution in [0.4, 0.5) is 0 Å². The number of hydrogen-bond acceptors (Lipinski definition) is 6. The number of benzene rings is 3. The van der Waals surface area contributed by atoms with Crippen LogP contribution in [0.2, 0.25) is 0 Å². The molecule has 1 heterocycles. The zero-order valence-electron chi connectivity index (χ0n) is 19.3. The number of hydrazone groups is 1. The first-order chi connectivity index (χ1) is 16.5. The second kappa shape index (κ2) is 10.2. The van der Waals surface area contributed by atoms with Gasteiger partial charge in [0.1, 0.15) is 29.9 Å². The molecular formula is C27H26N2O5. The van der Waals surface area contributed by atoms with E-state index < -0.39 is 18.1 Å². The van der Waals surface area contributed by atoms with E-state index >= 15 is 0 Å². The predicted octanol–water partition coefficient (Wildman–Crippen LogP) is 4.51. The largest absolute Gasteiger partial charge is 0.497 e. The number of ether oxygens (including phenoxy) is 3. The Kier molecular flexibility index (Phi) is 6.92. The van der Waals surface area contributed by atoms with Crippen LogP contribution in [0.15, 0.2) is 84.0 Å². The van der Waals surface area contributed by atoms with Gasteiger partial charge in [-0.15, -0.1) is 0 Å². The lowest BCUT2D eigenvalue weighted by atomic mass is 9.94. The van der Waals surface area contributed by atoms with Crippen LogP contribution < -0.4 is 9.47 Å². The highest BCUT2D eigenvalue weighted by Gasteiger charge is 2.44. The van der Waals surface area contributed by atoms with Crippen molar-refractivity contribution in [3.05, 3.63) is 95.6 Å². The van der Waals surface area contributed by atoms with Crippen LogP contribution in [0.5, 0.6) is 11.5 Å². The molecule has 174 valence electrons. The van der Waals surface area contributed by atoms with Crippen LogP contribution in [-0.4, -0.2) is 35.8 Å². The van der Waals surface area contributed by atoms with E-state index in [1.165, 1.54) is 18.9 Å². The maximum Gasteiger partial charge on any atom is 0.303 e. The van der Waals surface area contributed by atoms with Gasteiger partial charge in [0.2, 0.25) is 5.91 Å². The molecule has 1 aliphatic rings. The molecule has 7 heteroatoms. The Hall–Kier alpha value is -4.13. The van der Waals surface area contributed by atoms with Gasteiger partial charge in [-0.1, -0.05) is 54.6 Å². The fraction of sp³-hybridized carbons (Fsp3) is 0.222. The van der Waals surface area contributed by atoms with Crippen molar-refractivity contribution in [2.24, 2.45) is 5.10 Å². The number of para-hydroxylation sites is 1. The molecule has 0 aromatic heterocycles. The highest BCUT2D eigenvalue weighted by molar-refractivity contribution is 6.09. The van der Waals surface area contributed by atoms with E-state index in [4.69, 9.17) is 14.2 Å². The smallest absolute Gasteiger partial charge is 0.303 e. The SMILES string of the molecule is COc1ccc([C@@H]2[C@H](OC(C)=O)C(c3ccccc3OCc3ccccc3)=NN2C(C)=O)cc1. The van der Waals surface area contributed by atoms with Crippen molar-refractivity contribution in [2.45, 2.75) is 32.6 Å². The lowest BCUT2D eigenvalue weighted by Crippen LogP contribution is -2.35. The average molecular weight is 459 g/mol. The zero-order valence-corrected chi connectivity index (χ0v) is 19.3. The minimum atomic E-state index is -0.809. The van der Waals surface area contributed by atoms with Gasteiger partial charge in [-0.3, -0.25) is 9.59 Å². The van der Waals surface area contributed by atoms with E-state index in [1.807, 2.05) is 66.7 Å². The number of nitrogens with zero attached hydrogens (tertiary/aromatic N) is 2. The summed E-state index contributed by atoms with van der Waals surface area (Å²) in [5.74, 6) is 0.530. The molecule has 7 nitrogen and oxygen atoms in total. The number of rotatable bonds is 7. The van der Waals surface area contributed by atoms with E-state index in [0.29, 0.717) is 29.4 Å². The van der Waals surface area contributed by atoms with E-state index in [9.17, 15) is 9.59 Å². The fourth-order valence-corrected chi connectivity index (χ4v) is 3.94. The van der Waals surface area contributed by atoms with Crippen LogP contribution in [0, 0.1) is 0 Å². The van der Waals surface area contributed by atoms with Crippen molar-refractivity contribution in [1.29, 1.82) is 0 Å². The van der Waals surface area contributed by atoms with Crippen molar-refractivity contribution in [3.63, 3.8) is 0 Å². The molecule has 0 N–H and O–H groups in total. The predicted molar refractivity (Wildman–Crippen MR) is 128 cm³/mol. The monoisotopic (exact) mass is 458 g/mol. The number of carbonyl (C=O) groups excluding carboxylic acids is 2. The molecule has 34 heavy (non-hydrogen) atoms. The van der Waals surface area contributed by atoms with E-state index in [-0.39, 0.29) is 5.91 Å². The van der Waals surface area contributed by atoms with Gasteiger partial charge < -0.3 is 14.2 Å². The summed E-state index contributed by atoms with van der Waals surface area (Å²) in [4.78, 5) is 24.7. The molecular weight excluding hydrogens is 432 g/mol. The molecule has 3 aromatic carbocycles. The van der Waals surface area contributed by atoms with E-state index in [2.05, 4.69) is 5.10 Å². The van der Waals surface area contributed by atoms with Crippen molar-refractivity contribution in [1.82, 2.24) is 5.01 Å². The normalized spacial score (nSPS) is 17.1. The van der Waals surface area contributed by atoms with Gasteiger partial charge in [-0.2, -0.15) is 5.10 Å². The Bertz CT molecular complexity index is 1190. The summed E-state index contributed by atoms with van der Waals surface area (Å²) in [7, 11) is 1.59. The summed E-state index contributed by atoms with van der Waals surface area (Å²) in [5.41, 5.74) is 2.90. The summed E-state index contributed by atoms with van der Waals surface area (Å²) in [6, 6.07) is 23.9. The topological polar surface area (TPSA) is 77.4 Å². The standard InChI is InChI=1S/C27H26N2O5/c1-18(30)29-26(21-13-15-22(32-3)16-14-21)27(34-19(2)31)25(28-29)23-11-7-8-12-24(23)33-17-20-9-5-4-6-10-20/h4-16,26-27H,17H2,1-3H3/t26-,27-/m1/s1. The Balaban J connectivity index is 1.73. The highest BCUT2D eigenvalue weighted by Crippen LogP contribution is 2.38. The number of hydrogen-bond donors (Lipinski definition) is 0. The first-order valence-corrected chi connectivity index (χ1v) is 10.9. The molecule has 1 aliphatic heterocycles. The maximum absolute atomic E-state index is 12.6. The Labute approximate surface area is 198 Å². The van der Waals surface area contributed by atoms with Gasteiger partial charge in [0, 0.05) is 19.4 Å². The summed E-state index contributed by atoms with van der Waals surface area (Å²) in [5, 5.41) is 5.98. The van der Waals surface area contributed by atoms with Crippen LogP contribution in [0.25, 0.3) is 0 Å². The number of amides is 1. The fourth-order valence-electron chi connectivity index (χ4n) is 3.94. The quantitative estimate of drug-likeness (QED) is 0.487. The van der Waals surface area contributed by atoms with E-state index in [1.54, 1.807) is 19.2 Å². The van der Waals surface area contributed by atoms with Crippen LogP contribution in [0.3, 0.4) is 0 Å². The summed E-state index contributed by atoms with van der Waals surface area (Å²) >= 11 is 0. The third-order valence-corrected chi connectivity index (χ3v) is 5.51. The van der Waals surface area contributed by atoms with Crippen molar-refractivity contribution in [3.8, 4) is 11.5 Å². The molecule has 0 saturated carbocycles. The molecule has 0 fully saturated rings. The van der Waals surface area contributed by atoms with Crippen LogP contribution >= 0.6 is 0 Å². The number of carbonyl (C=O) groups is 2. The zero-order chi connectivity index (χ0) is 24.1. The first-order valence-electron chi connectivity index (χ1n) is 10.9. The highest BCUT2D eigenvalue weighted by atomic mass is 16.5. The molecule has 0 unspecified atom stereocenters. The Morgan fingerprint density at radius 2 is 1.59 bits per heavy atom. The summed E-state index contributed by atoms with van der Waals surface area (Å²) in [6.45, 7) is 3.14. The van der Waals surface area contributed by atoms with E-state index in [0.717, 1.165) is 11.1 Å². The van der Waals surface area contributed by atoms with Gasteiger partial charge in [0.25, 0.3) is 0 Å². The Morgan fingerprint density at radius 3 is 2.24 bits per heavy atom. The minimum absolute atomic E-state index is 0.268. The second-order valence-electron chi connectivity index (χ2n) is 7.87. The van der Waals surface area contributed by atoms with Gasteiger partial charge in [0.05, 0.1) is 7.11 Å². The minimum Gasteiger partial charge on any atom is -0.497 e. The molecule has 0 saturated heterocycles. The van der Waals surface area contributed by atoms with Crippen molar-refractivity contribution < 1.29 is 23.8 Å². The summed E-state index contributed by atoms with van der Waals surface area (Å²) < 4.78 is 17.1. The molecule has 0 aliphatic carbocycles. The third kappa shape index (κ3) is 4.93. The Morgan fingerprint density at radius 1 is 0.912 bits per heavy atom. The lowest BCUT2D eigenvalue weighted by molar-refractivity contribution is -0.147. The molecule has 4 rings (SSSR count). The van der Waals surface area contributed by atoms with Crippen LogP contribution in [-0.2, 0) is 20.9 Å². The number of methoxy groups -OCH3 is 1. The molecule has 0 bridgehead atoms. The first kappa shape index (κ1) is 23.0. The van der Waals surface area contributed by atoms with Crippen molar-refractivity contribution in [2.75, 3.05) is 7.11 Å². The van der Waals surface area contributed by atoms with Gasteiger partial charge >= 0.3 is 5.97 Å². The molecule has 0 radical (unpaired) electrons. The maximum atomic E-state index is 12.6. The van der Waals surface area contributed by atoms with Crippen molar-refractivity contribution >= 4 is 17.6 Å². The van der Waals surface area contributed by atoms with Gasteiger partial charge in [-0.05, 0) is 35.4 Å². The summed E-state index contributed by atoms with van der Waals surface area (Å²) in [6.07, 6.45) is -0.809. The third-order valence-electron chi connectivity index (χ3n) is 5.51. The van der Waals surface area contributed by atoms with Gasteiger partial charge in [0.15, 0.2) is 6.10 Å². The van der Waals surface area contributed by atoms with Crippen LogP contribution in [0.1, 0.15) is 36.6 Å². The number of esters is 1. The molecule has 3 aromatic rings. The van der Waals surface area contributed by atoms with Gasteiger partial charge in [-0.25, -0.2) is 5.01 Å². The average Bonchev–Trinajstić information content (AvgIpc) is 3.22. The molecule has 2 atom stereocenters. The molecule has 1 amide bonds. The second-order valence-corrected chi connectivity index (χ2v) is 7.87. The lowest BCUT2D eigenvalue weighted by Gasteiger charge is -2.26. The molecule has 0 spiro atoms.